The Kier molecular flexibility index (Phi) is 14.5. The summed E-state index contributed by atoms with van der Waals surface area (Å²) in [6, 6.07) is 85.2. The number of hydrogen-bond acceptors (Lipinski definition) is 7. The number of nitrogens with zero attached hydrogens (tertiary/aromatic N) is 9. The number of allylic oxidation sites excluding steroid dienone is 2. The summed E-state index contributed by atoms with van der Waals surface area (Å²) in [6.45, 7) is 6.58. The summed E-state index contributed by atoms with van der Waals surface area (Å²) in [5.74, 6) is 0.109. The van der Waals surface area contributed by atoms with Crippen molar-refractivity contribution in [2.24, 2.45) is 0 Å². The fourth-order valence-corrected chi connectivity index (χ4v) is 15.6. The maximum absolute atomic E-state index is 11.0. The van der Waals surface area contributed by atoms with Gasteiger partial charge in [0.15, 0.2) is 0 Å². The highest BCUT2D eigenvalue weighted by molar-refractivity contribution is 6.13. The van der Waals surface area contributed by atoms with Crippen molar-refractivity contribution in [3.05, 3.63) is 341 Å². The van der Waals surface area contributed by atoms with Crippen LogP contribution < -0.4 is 4.90 Å². The van der Waals surface area contributed by atoms with E-state index < -0.39 is 0 Å². The van der Waals surface area contributed by atoms with Gasteiger partial charge in [0.25, 0.3) is 0 Å². The standard InChI is InChI=1S/C89H61N9/c1-55-13-12-19-74-75-28-24-66(57(3)89(75)98(88(55)74)87-49-69(54-92)78(65-33-39-95-40-34-65)51-80(87)62-16-8-5-9-17-62)43-60-23-27-73-72-26-22-59(45-84(72)97(85(73)46-60)82-47-67(52-90)76(41-56(82)2)63-29-35-93-36-30-63)42-58-21-25-71-70-18-10-11-20-81(70)96(83(71)44-58)86-48-68(53-91)77(64-31-37-94-38-32-64)50-79(86)61-14-6-4-7-15-61/h4-41,44-51,70,81H,42-43H2,1-3H3. The van der Waals surface area contributed by atoms with E-state index in [9.17, 15) is 15.8 Å². The van der Waals surface area contributed by atoms with E-state index in [4.69, 9.17) is 0 Å². The molecule has 0 amide bonds. The second-order valence-electron chi connectivity index (χ2n) is 25.8. The molecule has 15 aromatic rings. The first-order chi connectivity index (χ1) is 48.2. The van der Waals surface area contributed by atoms with Crippen molar-refractivity contribution in [1.82, 2.24) is 24.1 Å². The van der Waals surface area contributed by atoms with Crippen LogP contribution in [0.2, 0.25) is 0 Å². The molecule has 2 unspecified atom stereocenters. The van der Waals surface area contributed by atoms with Gasteiger partial charge in [0.1, 0.15) is 0 Å². The minimum Gasteiger partial charge on any atom is -0.333 e. The van der Waals surface area contributed by atoms with Crippen LogP contribution in [0.1, 0.15) is 67.1 Å². The average Bonchev–Trinajstić information content (AvgIpc) is 1.57. The molecule has 98 heavy (non-hydrogen) atoms. The third kappa shape index (κ3) is 9.85. The Hall–Kier alpha value is -13.0. The molecule has 0 saturated carbocycles. The molecule has 9 nitrogen and oxygen atoms in total. The highest BCUT2D eigenvalue weighted by Crippen LogP contribution is 2.52. The monoisotopic (exact) mass is 1260 g/mol. The summed E-state index contributed by atoms with van der Waals surface area (Å²) < 4.78 is 4.80. The maximum atomic E-state index is 11.0. The van der Waals surface area contributed by atoms with E-state index in [0.29, 0.717) is 29.5 Å². The normalized spacial score (nSPS) is 13.8. The molecule has 0 spiro atoms. The quantitative estimate of drug-likeness (QED) is 0.119. The highest BCUT2D eigenvalue weighted by Gasteiger charge is 2.39. The number of para-hydroxylation sites is 1. The van der Waals surface area contributed by atoms with Crippen LogP contribution in [0.15, 0.2) is 280 Å². The minimum absolute atomic E-state index is 0.00844. The molecule has 17 rings (SSSR count). The number of nitriles is 3. The number of fused-ring (bicyclic) bond motifs is 9. The van der Waals surface area contributed by atoms with Crippen molar-refractivity contribution >= 4 is 55.0 Å². The van der Waals surface area contributed by atoms with Crippen LogP contribution >= 0.6 is 0 Å². The molecule has 0 radical (unpaired) electrons. The van der Waals surface area contributed by atoms with Crippen LogP contribution in [0, 0.1) is 54.8 Å². The van der Waals surface area contributed by atoms with Crippen LogP contribution in [0.5, 0.6) is 0 Å². The summed E-state index contributed by atoms with van der Waals surface area (Å²) in [6.07, 6.45) is 20.9. The summed E-state index contributed by atoms with van der Waals surface area (Å²) in [7, 11) is 0. The second-order valence-corrected chi connectivity index (χ2v) is 25.8. The fraction of sp³-hybridized carbons (Fsp3) is 0.0787. The molecule has 1 aliphatic heterocycles. The molecule has 10 aromatic carbocycles. The molecular weight excluding hydrogens is 1200 g/mol. The van der Waals surface area contributed by atoms with Crippen LogP contribution in [-0.4, -0.2) is 30.1 Å². The average molecular weight is 1260 g/mol. The van der Waals surface area contributed by atoms with Gasteiger partial charge in [-0.1, -0.05) is 152 Å². The zero-order valence-electron chi connectivity index (χ0n) is 54.2. The lowest BCUT2D eigenvalue weighted by Gasteiger charge is -2.31. The van der Waals surface area contributed by atoms with Gasteiger partial charge in [0, 0.05) is 92.6 Å². The Bertz CT molecular complexity index is 5940. The molecule has 2 atom stereocenters. The van der Waals surface area contributed by atoms with E-state index in [-0.39, 0.29) is 12.0 Å². The summed E-state index contributed by atoms with van der Waals surface area (Å²) in [5.41, 5.74) is 28.8. The molecule has 1 aliphatic carbocycles. The largest absolute Gasteiger partial charge is 0.333 e. The minimum atomic E-state index is -0.00844. The van der Waals surface area contributed by atoms with Crippen LogP contribution in [0.4, 0.5) is 11.4 Å². The van der Waals surface area contributed by atoms with Gasteiger partial charge >= 0.3 is 0 Å². The number of rotatable bonds is 12. The lowest BCUT2D eigenvalue weighted by molar-refractivity contribution is 0.745. The molecule has 0 N–H and O–H groups in total. The van der Waals surface area contributed by atoms with Crippen molar-refractivity contribution in [3.8, 4) is 85.2 Å². The summed E-state index contributed by atoms with van der Waals surface area (Å²) >= 11 is 0. The topological polar surface area (TPSA) is 123 Å². The molecule has 5 aromatic heterocycles. The predicted molar refractivity (Wildman–Crippen MR) is 396 cm³/mol. The van der Waals surface area contributed by atoms with Gasteiger partial charge in [0.2, 0.25) is 0 Å². The lowest BCUT2D eigenvalue weighted by Crippen LogP contribution is -2.29. The number of anilines is 2. The Morgan fingerprint density at radius 3 is 1.45 bits per heavy atom. The van der Waals surface area contributed by atoms with Crippen LogP contribution in [-0.2, 0) is 12.8 Å². The Balaban J connectivity index is 0.807. The van der Waals surface area contributed by atoms with Gasteiger partial charge in [-0.25, -0.2) is 0 Å². The molecular formula is C89H61N9. The van der Waals surface area contributed by atoms with Gasteiger partial charge < -0.3 is 14.0 Å². The van der Waals surface area contributed by atoms with E-state index in [1.54, 1.807) is 37.2 Å². The van der Waals surface area contributed by atoms with E-state index in [0.717, 1.165) is 155 Å². The first kappa shape index (κ1) is 58.8. The molecule has 0 saturated heterocycles. The number of hydrogen-bond donors (Lipinski definition) is 0. The van der Waals surface area contributed by atoms with Gasteiger partial charge in [-0.05, 0) is 202 Å². The first-order valence-corrected chi connectivity index (χ1v) is 33.1. The molecule has 462 valence electrons. The van der Waals surface area contributed by atoms with Crippen LogP contribution in [0.25, 0.3) is 111 Å². The number of benzene rings is 10. The fourth-order valence-electron chi connectivity index (χ4n) is 15.6. The van der Waals surface area contributed by atoms with Crippen molar-refractivity contribution in [2.45, 2.75) is 45.6 Å². The number of pyridine rings is 3. The molecule has 6 heterocycles. The number of aromatic nitrogens is 5. The van der Waals surface area contributed by atoms with E-state index in [1.807, 2.05) is 48.5 Å². The molecule has 9 heteroatoms. The zero-order valence-corrected chi connectivity index (χ0v) is 54.2. The van der Waals surface area contributed by atoms with Gasteiger partial charge in [-0.15, -0.1) is 0 Å². The third-order valence-electron chi connectivity index (χ3n) is 20.2. The Morgan fingerprint density at radius 2 is 0.857 bits per heavy atom. The smallest absolute Gasteiger partial charge is 0.0998 e. The van der Waals surface area contributed by atoms with E-state index >= 15 is 0 Å². The second kappa shape index (κ2) is 24.1. The van der Waals surface area contributed by atoms with E-state index in [1.165, 1.54) is 11.1 Å². The third-order valence-corrected chi connectivity index (χ3v) is 20.2. The summed E-state index contributed by atoms with van der Waals surface area (Å²) in [4.78, 5) is 15.4. The van der Waals surface area contributed by atoms with Gasteiger partial charge in [0.05, 0.1) is 80.1 Å². The zero-order chi connectivity index (χ0) is 66.1. The van der Waals surface area contributed by atoms with Crippen molar-refractivity contribution in [2.75, 3.05) is 4.90 Å². The predicted octanol–water partition coefficient (Wildman–Crippen LogP) is 20.9. The van der Waals surface area contributed by atoms with Crippen LogP contribution in [0.3, 0.4) is 0 Å². The van der Waals surface area contributed by atoms with Gasteiger partial charge in [-0.3, -0.25) is 15.0 Å². The van der Waals surface area contributed by atoms with Crippen molar-refractivity contribution in [3.63, 3.8) is 0 Å². The molecule has 0 bridgehead atoms. The summed E-state index contributed by atoms with van der Waals surface area (Å²) in [5, 5.41) is 37.4. The highest BCUT2D eigenvalue weighted by atomic mass is 15.2. The maximum Gasteiger partial charge on any atom is 0.0998 e. The Labute approximate surface area is 568 Å². The van der Waals surface area contributed by atoms with Gasteiger partial charge in [-0.2, -0.15) is 15.8 Å². The first-order valence-electron chi connectivity index (χ1n) is 33.1. The van der Waals surface area contributed by atoms with E-state index in [2.05, 4.69) is 262 Å². The van der Waals surface area contributed by atoms with Crippen molar-refractivity contribution < 1.29 is 0 Å². The molecule has 2 aliphatic rings. The van der Waals surface area contributed by atoms with Crippen molar-refractivity contribution in [1.29, 1.82) is 15.8 Å². The SMILES string of the molecule is Cc1cc(-c2ccncc2)c(C#N)cc1-n1c2cc(Cc3ccc4c(c3)N(c3cc(C#N)c(-c5ccncc5)cc3-c3ccccc3)C3C=CC=CC43)ccc2c2ccc(Cc3ccc4c5cccc(C)c5n(-c5cc(C#N)c(-c6ccncc6)cc5-c5ccccc5)c4c3C)cc21. The lowest BCUT2D eigenvalue weighted by atomic mass is 9.90. The number of aryl methyl sites for hydroxylation is 3. The Morgan fingerprint density at radius 1 is 0.367 bits per heavy atom. The molecule has 0 fully saturated rings.